The first-order valence-corrected chi connectivity index (χ1v) is 9.27. The summed E-state index contributed by atoms with van der Waals surface area (Å²) in [6.07, 6.45) is 1.78. The van der Waals surface area contributed by atoms with Gasteiger partial charge in [0.25, 0.3) is 10.1 Å². The molecule has 6 heteroatoms. The molecule has 21 heavy (non-hydrogen) atoms. The van der Waals surface area contributed by atoms with Crippen LogP contribution in [0, 0.1) is 17.8 Å². The molecule has 0 aromatic heterocycles. The largest absolute Gasteiger partial charge is 0.390 e. The van der Waals surface area contributed by atoms with Crippen molar-refractivity contribution in [2.24, 2.45) is 17.8 Å². The summed E-state index contributed by atoms with van der Waals surface area (Å²) in [7, 11) is -4.22. The number of aliphatic hydroxyl groups excluding tert-OH is 1. The van der Waals surface area contributed by atoms with Gasteiger partial charge in [-0.3, -0.25) is 4.55 Å². The van der Waals surface area contributed by atoms with Crippen molar-refractivity contribution in [1.82, 2.24) is 0 Å². The Hall–Kier alpha value is -0.170. The molecule has 2 saturated heterocycles. The molecule has 0 amide bonds. The highest BCUT2D eigenvalue weighted by Crippen LogP contribution is 2.63. The van der Waals surface area contributed by atoms with E-state index in [4.69, 9.17) is 4.74 Å². The third-order valence-electron chi connectivity index (χ3n) is 6.72. The monoisotopic (exact) mass is 318 g/mol. The fourth-order valence-corrected chi connectivity index (χ4v) is 6.27. The fourth-order valence-electron chi connectivity index (χ4n) is 5.26. The van der Waals surface area contributed by atoms with E-state index in [9.17, 15) is 18.1 Å². The first-order chi connectivity index (χ1) is 9.48. The Kier molecular flexibility index (Phi) is 3.16. The van der Waals surface area contributed by atoms with Gasteiger partial charge in [0.2, 0.25) is 0 Å². The summed E-state index contributed by atoms with van der Waals surface area (Å²) in [5, 5.41) is 11.0. The van der Waals surface area contributed by atoms with Crippen molar-refractivity contribution in [1.29, 1.82) is 0 Å². The van der Waals surface area contributed by atoms with Gasteiger partial charge in [-0.15, -0.1) is 0 Å². The zero-order valence-electron chi connectivity index (χ0n) is 13.2. The summed E-state index contributed by atoms with van der Waals surface area (Å²) in [4.78, 5) is 0. The zero-order valence-corrected chi connectivity index (χ0v) is 14.0. The van der Waals surface area contributed by atoms with Gasteiger partial charge in [0.1, 0.15) is 4.75 Å². The molecule has 0 radical (unpaired) electrons. The molecule has 122 valence electrons. The van der Waals surface area contributed by atoms with Crippen molar-refractivity contribution in [3.8, 4) is 0 Å². The van der Waals surface area contributed by atoms with E-state index < -0.39 is 38.1 Å². The number of hydrogen-bond acceptors (Lipinski definition) is 4. The van der Waals surface area contributed by atoms with Gasteiger partial charge >= 0.3 is 0 Å². The molecule has 3 aliphatic rings. The summed E-state index contributed by atoms with van der Waals surface area (Å²) in [6.45, 7) is 7.64. The van der Waals surface area contributed by atoms with E-state index in [0.29, 0.717) is 12.8 Å². The highest BCUT2D eigenvalue weighted by Gasteiger charge is 2.71. The lowest BCUT2D eigenvalue weighted by molar-refractivity contribution is -0.249. The minimum absolute atomic E-state index is 0.0196. The molecule has 0 aromatic carbocycles. The molecule has 6 atom stereocenters. The fraction of sp³-hybridized carbons (Fsp3) is 1.00. The van der Waals surface area contributed by atoms with Crippen LogP contribution in [0.4, 0.5) is 0 Å². The first kappa shape index (κ1) is 15.7. The van der Waals surface area contributed by atoms with Crippen molar-refractivity contribution < 1.29 is 22.8 Å². The van der Waals surface area contributed by atoms with E-state index in [1.807, 2.05) is 20.8 Å². The Balaban J connectivity index is 2.13. The molecule has 2 aliphatic heterocycles. The van der Waals surface area contributed by atoms with E-state index in [1.165, 1.54) is 0 Å². The van der Waals surface area contributed by atoms with Crippen molar-refractivity contribution in [2.45, 2.75) is 75.4 Å². The van der Waals surface area contributed by atoms with Gasteiger partial charge in [0.05, 0.1) is 17.3 Å². The van der Waals surface area contributed by atoms with Crippen LogP contribution in [0.2, 0.25) is 0 Å². The van der Waals surface area contributed by atoms with E-state index in [-0.39, 0.29) is 11.8 Å². The minimum atomic E-state index is -4.22. The maximum atomic E-state index is 12.0. The molecule has 2 N–H and O–H groups in total. The van der Waals surface area contributed by atoms with Crippen LogP contribution in [0.5, 0.6) is 0 Å². The molecule has 2 heterocycles. The van der Waals surface area contributed by atoms with Crippen LogP contribution in [0.1, 0.15) is 53.4 Å². The van der Waals surface area contributed by atoms with Crippen molar-refractivity contribution in [3.63, 3.8) is 0 Å². The predicted molar refractivity (Wildman–Crippen MR) is 78.5 cm³/mol. The SMILES string of the molecule is CC(C)[C@]12CC[C@](C)(O1)C1CC[C@@](C)(S(=O)(=O)O)C1C2O. The normalized spacial score (nSPS) is 53.2. The molecule has 5 nitrogen and oxygen atoms in total. The van der Waals surface area contributed by atoms with Gasteiger partial charge in [-0.05, 0) is 51.4 Å². The molecular formula is C15H26O5S. The Morgan fingerprint density at radius 1 is 1.19 bits per heavy atom. The molecular weight excluding hydrogens is 292 g/mol. The molecule has 3 unspecified atom stereocenters. The lowest BCUT2D eigenvalue weighted by Gasteiger charge is -2.53. The highest BCUT2D eigenvalue weighted by atomic mass is 32.2. The summed E-state index contributed by atoms with van der Waals surface area (Å²) in [5.41, 5.74) is -1.08. The Morgan fingerprint density at radius 2 is 1.81 bits per heavy atom. The molecule has 1 aliphatic carbocycles. The lowest BCUT2D eigenvalue weighted by atomic mass is 9.69. The van der Waals surface area contributed by atoms with Crippen LogP contribution in [0.3, 0.4) is 0 Å². The Labute approximate surface area is 126 Å². The maximum Gasteiger partial charge on any atom is 0.270 e. The number of rotatable bonds is 2. The topological polar surface area (TPSA) is 83.8 Å². The molecule has 2 bridgehead atoms. The second kappa shape index (κ2) is 4.22. The van der Waals surface area contributed by atoms with E-state index in [0.717, 1.165) is 12.8 Å². The van der Waals surface area contributed by atoms with Crippen molar-refractivity contribution in [3.05, 3.63) is 0 Å². The third kappa shape index (κ3) is 1.76. The molecule has 3 fully saturated rings. The maximum absolute atomic E-state index is 12.0. The lowest BCUT2D eigenvalue weighted by Crippen LogP contribution is -2.64. The average molecular weight is 318 g/mol. The number of hydrogen-bond donors (Lipinski definition) is 2. The van der Waals surface area contributed by atoms with E-state index in [1.54, 1.807) is 6.92 Å². The van der Waals surface area contributed by atoms with Crippen LogP contribution >= 0.6 is 0 Å². The standard InChI is InChI=1S/C15H26O5S/c1-9(2)15-8-7-13(3,20-15)10-5-6-14(4,21(17,18)19)11(10)12(15)16/h9-12,16H,5-8H2,1-4H3,(H,17,18,19)/t10?,11?,12?,13-,14+,15-/m0/s1. The molecule has 3 rings (SSSR count). The van der Waals surface area contributed by atoms with Gasteiger partial charge in [0, 0.05) is 5.92 Å². The molecule has 0 spiro atoms. The van der Waals surface area contributed by atoms with Gasteiger partial charge in [-0.1, -0.05) is 13.8 Å². The average Bonchev–Trinajstić information content (AvgIpc) is 2.86. The summed E-state index contributed by atoms with van der Waals surface area (Å²) in [5.74, 6) is -0.383. The third-order valence-corrected chi connectivity index (χ3v) is 8.37. The number of fused-ring (bicyclic) bond motifs is 4. The van der Waals surface area contributed by atoms with Gasteiger partial charge < -0.3 is 9.84 Å². The Morgan fingerprint density at radius 3 is 2.33 bits per heavy atom. The first-order valence-electron chi connectivity index (χ1n) is 7.83. The van der Waals surface area contributed by atoms with Crippen molar-refractivity contribution in [2.75, 3.05) is 0 Å². The summed E-state index contributed by atoms with van der Waals surface area (Å²) >= 11 is 0. The number of aliphatic hydroxyl groups is 1. The highest BCUT2D eigenvalue weighted by molar-refractivity contribution is 7.87. The van der Waals surface area contributed by atoms with Gasteiger partial charge in [-0.25, -0.2) is 0 Å². The quantitative estimate of drug-likeness (QED) is 0.761. The van der Waals surface area contributed by atoms with Crippen LogP contribution in [0.25, 0.3) is 0 Å². The van der Waals surface area contributed by atoms with Crippen LogP contribution in [-0.4, -0.2) is 40.1 Å². The minimum Gasteiger partial charge on any atom is -0.390 e. The van der Waals surface area contributed by atoms with E-state index in [2.05, 4.69) is 0 Å². The van der Waals surface area contributed by atoms with Crippen LogP contribution in [-0.2, 0) is 14.9 Å². The summed E-state index contributed by atoms with van der Waals surface area (Å²) in [6, 6.07) is 0. The second-order valence-corrected chi connectivity index (χ2v) is 9.81. The van der Waals surface area contributed by atoms with Crippen LogP contribution in [0.15, 0.2) is 0 Å². The Bertz CT molecular complexity index is 558. The van der Waals surface area contributed by atoms with Crippen molar-refractivity contribution >= 4 is 10.1 Å². The van der Waals surface area contributed by atoms with Crippen LogP contribution < -0.4 is 0 Å². The number of ether oxygens (including phenoxy) is 1. The molecule has 1 saturated carbocycles. The van der Waals surface area contributed by atoms with Gasteiger partial charge in [0.15, 0.2) is 0 Å². The predicted octanol–water partition coefficient (Wildman–Crippen LogP) is 2.00. The van der Waals surface area contributed by atoms with E-state index >= 15 is 0 Å². The molecule has 0 aromatic rings. The van der Waals surface area contributed by atoms with Gasteiger partial charge in [-0.2, -0.15) is 8.42 Å². The second-order valence-electron chi connectivity index (χ2n) is 7.93. The smallest absolute Gasteiger partial charge is 0.270 e. The summed E-state index contributed by atoms with van der Waals surface area (Å²) < 4.78 is 38.8. The zero-order chi connectivity index (χ0) is 15.8.